The number of hydrogen-bond acceptors (Lipinski definition) is 2. The van der Waals surface area contributed by atoms with E-state index in [4.69, 9.17) is 9.47 Å². The number of rotatable bonds is 6. The molecule has 1 aromatic carbocycles. The van der Waals surface area contributed by atoms with Crippen LogP contribution in [0.4, 0.5) is 0 Å². The molecule has 15 heavy (non-hydrogen) atoms. The smallest absolute Gasteiger partial charge is 0.189 e. The van der Waals surface area contributed by atoms with Gasteiger partial charge in [0.15, 0.2) is 6.79 Å². The van der Waals surface area contributed by atoms with Gasteiger partial charge in [-0.2, -0.15) is 0 Å². The van der Waals surface area contributed by atoms with Crippen LogP contribution in [0, 0.1) is 5.92 Å². The Kier molecular flexibility index (Phi) is 3.62. The van der Waals surface area contributed by atoms with Crippen LogP contribution in [0.15, 0.2) is 24.3 Å². The van der Waals surface area contributed by atoms with Gasteiger partial charge in [-0.3, -0.25) is 0 Å². The lowest BCUT2D eigenvalue weighted by Gasteiger charge is -2.10. The highest BCUT2D eigenvalue weighted by atomic mass is 16.7. The molecule has 2 heteroatoms. The second-order valence-electron chi connectivity index (χ2n) is 4.04. The minimum absolute atomic E-state index is 0.382. The van der Waals surface area contributed by atoms with Crippen LogP contribution in [-0.4, -0.2) is 13.4 Å². The Bertz CT molecular complexity index is 305. The van der Waals surface area contributed by atoms with Crippen LogP contribution in [0.3, 0.4) is 0 Å². The monoisotopic (exact) mass is 206 g/mol. The predicted octanol–water partition coefficient (Wildman–Crippen LogP) is 3.01. The van der Waals surface area contributed by atoms with Crippen LogP contribution >= 0.6 is 0 Å². The quantitative estimate of drug-likeness (QED) is 0.526. The van der Waals surface area contributed by atoms with Gasteiger partial charge in [0.2, 0.25) is 0 Å². The number of hydrogen-bond donors (Lipinski definition) is 0. The van der Waals surface area contributed by atoms with Crippen LogP contribution in [0.1, 0.15) is 25.3 Å². The van der Waals surface area contributed by atoms with Gasteiger partial charge in [-0.05, 0) is 36.8 Å². The molecule has 1 saturated carbocycles. The Hall–Kier alpha value is -1.02. The highest BCUT2D eigenvalue weighted by Gasteiger charge is 2.21. The van der Waals surface area contributed by atoms with Gasteiger partial charge < -0.3 is 9.47 Å². The van der Waals surface area contributed by atoms with Gasteiger partial charge in [-0.15, -0.1) is 0 Å². The molecule has 0 heterocycles. The van der Waals surface area contributed by atoms with E-state index in [1.807, 2.05) is 18.2 Å². The van der Waals surface area contributed by atoms with E-state index < -0.39 is 0 Å². The number of aryl methyl sites for hydroxylation is 1. The zero-order chi connectivity index (χ0) is 10.5. The molecular formula is C13H18O2. The van der Waals surface area contributed by atoms with Crippen molar-refractivity contribution in [2.24, 2.45) is 5.92 Å². The zero-order valence-corrected chi connectivity index (χ0v) is 9.24. The molecule has 1 aliphatic rings. The summed E-state index contributed by atoms with van der Waals surface area (Å²) in [6, 6.07) is 8.13. The maximum Gasteiger partial charge on any atom is 0.189 e. The minimum atomic E-state index is 0.382. The summed E-state index contributed by atoms with van der Waals surface area (Å²) >= 11 is 0. The molecule has 82 valence electrons. The van der Waals surface area contributed by atoms with Gasteiger partial charge in [0.1, 0.15) is 5.75 Å². The summed E-state index contributed by atoms with van der Waals surface area (Å²) in [6.07, 6.45) is 3.65. The molecule has 0 atom stereocenters. The van der Waals surface area contributed by atoms with Crippen LogP contribution in [0.25, 0.3) is 0 Å². The molecule has 0 saturated heterocycles. The molecule has 1 aliphatic carbocycles. The Morgan fingerprint density at radius 2 is 2.07 bits per heavy atom. The first-order valence-corrected chi connectivity index (χ1v) is 5.68. The van der Waals surface area contributed by atoms with E-state index in [0.29, 0.717) is 6.79 Å². The molecule has 0 radical (unpaired) electrons. The first-order valence-electron chi connectivity index (χ1n) is 5.68. The normalized spacial score (nSPS) is 15.3. The third kappa shape index (κ3) is 3.24. The highest BCUT2D eigenvalue weighted by Crippen LogP contribution is 2.28. The minimum Gasteiger partial charge on any atom is -0.467 e. The summed E-state index contributed by atoms with van der Waals surface area (Å²) < 4.78 is 11.0. The third-order valence-corrected chi connectivity index (χ3v) is 2.70. The molecule has 0 N–H and O–H groups in total. The zero-order valence-electron chi connectivity index (χ0n) is 9.24. The van der Waals surface area contributed by atoms with Gasteiger partial charge in [-0.25, -0.2) is 0 Å². The van der Waals surface area contributed by atoms with E-state index in [1.54, 1.807) is 0 Å². The average molecular weight is 206 g/mol. The van der Waals surface area contributed by atoms with E-state index in [2.05, 4.69) is 13.0 Å². The van der Waals surface area contributed by atoms with Crippen molar-refractivity contribution in [3.63, 3.8) is 0 Å². The van der Waals surface area contributed by atoms with Gasteiger partial charge >= 0.3 is 0 Å². The molecule has 0 aromatic heterocycles. The van der Waals surface area contributed by atoms with Crippen LogP contribution in [0.2, 0.25) is 0 Å². The fourth-order valence-corrected chi connectivity index (χ4v) is 1.54. The van der Waals surface area contributed by atoms with E-state index in [1.165, 1.54) is 18.4 Å². The summed E-state index contributed by atoms with van der Waals surface area (Å²) in [7, 11) is 0. The Labute approximate surface area is 91.2 Å². The maximum atomic E-state index is 5.58. The predicted molar refractivity (Wildman–Crippen MR) is 60.0 cm³/mol. The van der Waals surface area contributed by atoms with Crippen molar-refractivity contribution in [3.8, 4) is 5.75 Å². The molecule has 2 rings (SSSR count). The standard InChI is InChI=1S/C13H18O2/c1-2-12-5-3-4-6-13(12)15-10-14-9-11-7-8-11/h3-6,11H,2,7-10H2,1H3. The van der Waals surface area contributed by atoms with Gasteiger partial charge in [-0.1, -0.05) is 25.1 Å². The van der Waals surface area contributed by atoms with Crippen molar-refractivity contribution < 1.29 is 9.47 Å². The SMILES string of the molecule is CCc1ccccc1OCOCC1CC1. The topological polar surface area (TPSA) is 18.5 Å². The van der Waals surface area contributed by atoms with Crippen molar-refractivity contribution in [2.75, 3.05) is 13.4 Å². The Morgan fingerprint density at radius 1 is 1.27 bits per heavy atom. The lowest BCUT2D eigenvalue weighted by Crippen LogP contribution is -2.06. The van der Waals surface area contributed by atoms with Crippen molar-refractivity contribution in [2.45, 2.75) is 26.2 Å². The van der Waals surface area contributed by atoms with E-state index in [-0.39, 0.29) is 0 Å². The number of ether oxygens (including phenoxy) is 2. The number of benzene rings is 1. The fraction of sp³-hybridized carbons (Fsp3) is 0.538. The first kappa shape index (κ1) is 10.5. The summed E-state index contributed by atoms with van der Waals surface area (Å²) in [4.78, 5) is 0. The van der Waals surface area contributed by atoms with Gasteiger partial charge in [0.05, 0.1) is 6.61 Å². The van der Waals surface area contributed by atoms with Crippen molar-refractivity contribution in [1.29, 1.82) is 0 Å². The summed E-state index contributed by atoms with van der Waals surface area (Å²) in [5.74, 6) is 1.76. The molecule has 0 unspecified atom stereocenters. The lowest BCUT2D eigenvalue weighted by molar-refractivity contribution is 0.00950. The highest BCUT2D eigenvalue weighted by molar-refractivity contribution is 5.32. The summed E-state index contributed by atoms with van der Waals surface area (Å²) in [5, 5.41) is 0. The van der Waals surface area contributed by atoms with E-state index in [0.717, 1.165) is 24.7 Å². The number of para-hydroxylation sites is 1. The van der Waals surface area contributed by atoms with E-state index >= 15 is 0 Å². The van der Waals surface area contributed by atoms with Crippen molar-refractivity contribution in [1.82, 2.24) is 0 Å². The molecule has 0 bridgehead atoms. The lowest BCUT2D eigenvalue weighted by atomic mass is 10.1. The largest absolute Gasteiger partial charge is 0.467 e. The second-order valence-corrected chi connectivity index (χ2v) is 4.04. The van der Waals surface area contributed by atoms with Crippen molar-refractivity contribution >= 4 is 0 Å². The Balaban J connectivity index is 1.75. The summed E-state index contributed by atoms with van der Waals surface area (Å²) in [5.41, 5.74) is 1.24. The molecule has 0 spiro atoms. The molecule has 2 nitrogen and oxygen atoms in total. The molecule has 0 amide bonds. The van der Waals surface area contributed by atoms with Crippen LogP contribution < -0.4 is 4.74 Å². The summed E-state index contributed by atoms with van der Waals surface area (Å²) in [6.45, 7) is 3.37. The van der Waals surface area contributed by atoms with E-state index in [9.17, 15) is 0 Å². The molecular weight excluding hydrogens is 188 g/mol. The average Bonchev–Trinajstić information content (AvgIpc) is 3.09. The second kappa shape index (κ2) is 5.17. The molecule has 1 fully saturated rings. The van der Waals surface area contributed by atoms with Crippen LogP contribution in [-0.2, 0) is 11.2 Å². The van der Waals surface area contributed by atoms with Gasteiger partial charge in [0, 0.05) is 0 Å². The van der Waals surface area contributed by atoms with Crippen LogP contribution in [0.5, 0.6) is 5.75 Å². The third-order valence-electron chi connectivity index (χ3n) is 2.70. The fourth-order valence-electron chi connectivity index (χ4n) is 1.54. The van der Waals surface area contributed by atoms with Crippen molar-refractivity contribution in [3.05, 3.63) is 29.8 Å². The molecule has 1 aromatic rings. The van der Waals surface area contributed by atoms with Gasteiger partial charge in [0.25, 0.3) is 0 Å². The Morgan fingerprint density at radius 3 is 2.80 bits per heavy atom. The first-order chi connectivity index (χ1) is 7.40. The maximum absolute atomic E-state index is 5.58. The molecule has 0 aliphatic heterocycles.